The van der Waals surface area contributed by atoms with Gasteiger partial charge in [0, 0.05) is 25.7 Å². The second-order valence-corrected chi connectivity index (χ2v) is 10.8. The molecule has 1 fully saturated rings. The summed E-state index contributed by atoms with van der Waals surface area (Å²) in [5.74, 6) is -0.176. The molecule has 0 saturated carbocycles. The van der Waals surface area contributed by atoms with Gasteiger partial charge in [-0.1, -0.05) is 57.2 Å². The quantitative estimate of drug-likeness (QED) is 0.433. The third kappa shape index (κ3) is 5.88. The molecule has 1 saturated heterocycles. The van der Waals surface area contributed by atoms with Crippen LogP contribution in [0.25, 0.3) is 11.1 Å². The number of carbonyl (C=O) groups is 1. The number of nitrogens with zero attached hydrogens (tertiary/aromatic N) is 1. The summed E-state index contributed by atoms with van der Waals surface area (Å²) in [5, 5.41) is 4.82. The van der Waals surface area contributed by atoms with Crippen LogP contribution in [0.3, 0.4) is 0 Å². The molecule has 0 aliphatic carbocycles. The predicted octanol–water partition coefficient (Wildman–Crippen LogP) is 6.74. The van der Waals surface area contributed by atoms with Crippen molar-refractivity contribution in [3.8, 4) is 11.1 Å². The Kier molecular flexibility index (Phi) is 6.87. The Hall–Kier alpha value is -2.64. The summed E-state index contributed by atoms with van der Waals surface area (Å²) in [7, 11) is 0. The first-order valence-electron chi connectivity index (χ1n) is 11.4. The highest BCUT2D eigenvalue weighted by Crippen LogP contribution is 2.33. The normalized spacial score (nSPS) is 17.2. The number of alkyl halides is 3. The molecule has 4 rings (SSSR count). The zero-order valence-electron chi connectivity index (χ0n) is 19.6. The molecule has 34 heavy (non-hydrogen) atoms. The maximum atomic E-state index is 13.0. The van der Waals surface area contributed by atoms with E-state index < -0.39 is 11.7 Å². The number of hydrogen-bond donors (Lipinski definition) is 1. The lowest BCUT2D eigenvalue weighted by molar-refractivity contribution is -0.137. The number of carbonyl (C=O) groups excluding carboxylic acids is 1. The van der Waals surface area contributed by atoms with Gasteiger partial charge in [-0.05, 0) is 57.7 Å². The molecule has 180 valence electrons. The molecule has 0 radical (unpaired) electrons. The molecular formula is C27H29F3N2OS. The topological polar surface area (TPSA) is 32.3 Å². The zero-order chi connectivity index (χ0) is 24.5. The van der Waals surface area contributed by atoms with E-state index in [0.29, 0.717) is 16.0 Å². The molecule has 1 aliphatic heterocycles. The highest BCUT2D eigenvalue weighted by Gasteiger charge is 2.30. The fourth-order valence-corrected chi connectivity index (χ4v) is 5.02. The molecule has 3 nitrogen and oxygen atoms in total. The monoisotopic (exact) mass is 486 g/mol. The van der Waals surface area contributed by atoms with Crippen LogP contribution in [0.4, 0.5) is 13.2 Å². The van der Waals surface area contributed by atoms with Crippen molar-refractivity contribution in [2.24, 2.45) is 0 Å². The van der Waals surface area contributed by atoms with Crippen LogP contribution in [-0.2, 0) is 18.1 Å². The number of likely N-dealkylation sites (tertiary alicyclic amines) is 1. The van der Waals surface area contributed by atoms with Gasteiger partial charge in [0.15, 0.2) is 0 Å². The smallest absolute Gasteiger partial charge is 0.347 e. The number of hydrogen-bond acceptors (Lipinski definition) is 3. The van der Waals surface area contributed by atoms with E-state index in [4.69, 9.17) is 0 Å². The number of rotatable bonds is 5. The van der Waals surface area contributed by atoms with Gasteiger partial charge in [0.2, 0.25) is 0 Å². The van der Waals surface area contributed by atoms with Crippen molar-refractivity contribution in [3.63, 3.8) is 0 Å². The molecule has 1 aromatic heterocycles. The third-order valence-electron chi connectivity index (χ3n) is 6.18. The molecule has 1 aliphatic rings. The van der Waals surface area contributed by atoms with Crippen molar-refractivity contribution >= 4 is 17.2 Å². The molecule has 7 heteroatoms. The van der Waals surface area contributed by atoms with Gasteiger partial charge >= 0.3 is 6.18 Å². The van der Waals surface area contributed by atoms with Crippen LogP contribution in [0.2, 0.25) is 0 Å². The van der Waals surface area contributed by atoms with E-state index >= 15 is 0 Å². The minimum absolute atomic E-state index is 0.0560. The van der Waals surface area contributed by atoms with Crippen molar-refractivity contribution in [1.82, 2.24) is 10.2 Å². The van der Waals surface area contributed by atoms with Crippen LogP contribution in [0.1, 0.15) is 53.6 Å². The Morgan fingerprint density at radius 1 is 1.03 bits per heavy atom. The summed E-state index contributed by atoms with van der Waals surface area (Å²) < 4.78 is 39.0. The Morgan fingerprint density at radius 3 is 2.44 bits per heavy atom. The highest BCUT2D eigenvalue weighted by molar-refractivity contribution is 7.12. The summed E-state index contributed by atoms with van der Waals surface area (Å²) in [5.41, 5.74) is 3.07. The van der Waals surface area contributed by atoms with Gasteiger partial charge < -0.3 is 5.32 Å². The largest absolute Gasteiger partial charge is 0.416 e. The van der Waals surface area contributed by atoms with Crippen LogP contribution in [0.5, 0.6) is 0 Å². The van der Waals surface area contributed by atoms with Crippen molar-refractivity contribution < 1.29 is 18.0 Å². The van der Waals surface area contributed by atoms with E-state index in [2.05, 4.69) is 55.3 Å². The molecular weight excluding hydrogens is 457 g/mol. The molecule has 1 unspecified atom stereocenters. The van der Waals surface area contributed by atoms with Gasteiger partial charge in [-0.3, -0.25) is 9.69 Å². The first kappa shape index (κ1) is 24.5. The zero-order valence-corrected chi connectivity index (χ0v) is 20.4. The second kappa shape index (κ2) is 9.55. The van der Waals surface area contributed by atoms with E-state index in [9.17, 15) is 18.0 Å². The van der Waals surface area contributed by atoms with Crippen LogP contribution in [-0.4, -0.2) is 29.9 Å². The number of nitrogens with one attached hydrogen (secondary N) is 1. The van der Waals surface area contributed by atoms with Crippen LogP contribution in [0, 0.1) is 0 Å². The Labute approximate surface area is 202 Å². The Morgan fingerprint density at radius 2 is 1.76 bits per heavy atom. The molecule has 1 N–H and O–H groups in total. The summed E-state index contributed by atoms with van der Waals surface area (Å²) in [4.78, 5) is 15.6. The van der Waals surface area contributed by atoms with E-state index in [-0.39, 0.29) is 17.4 Å². The average molecular weight is 487 g/mol. The van der Waals surface area contributed by atoms with Crippen LogP contribution < -0.4 is 5.32 Å². The van der Waals surface area contributed by atoms with Gasteiger partial charge in [0.1, 0.15) is 0 Å². The number of amides is 1. The van der Waals surface area contributed by atoms with Gasteiger partial charge in [-0.25, -0.2) is 0 Å². The SMILES string of the molecule is CC(C)(C)c1ccc(CN2CCC(NC(=O)c3cc(-c4cccc(C(F)(F)F)c4)cs3)C2)cc1. The van der Waals surface area contributed by atoms with E-state index in [0.717, 1.165) is 38.2 Å². The number of halogens is 3. The second-order valence-electron chi connectivity index (χ2n) is 9.92. The Balaban J connectivity index is 1.33. The molecule has 0 bridgehead atoms. The molecule has 3 aromatic rings. The number of thiophene rings is 1. The average Bonchev–Trinajstić information content (AvgIpc) is 3.43. The summed E-state index contributed by atoms with van der Waals surface area (Å²) in [6.07, 6.45) is -3.52. The van der Waals surface area contributed by atoms with Gasteiger partial charge in [-0.15, -0.1) is 11.3 Å². The van der Waals surface area contributed by atoms with Gasteiger partial charge in [0.25, 0.3) is 5.91 Å². The minimum atomic E-state index is -4.39. The summed E-state index contributed by atoms with van der Waals surface area (Å²) >= 11 is 1.25. The summed E-state index contributed by atoms with van der Waals surface area (Å²) in [6.45, 7) is 9.13. The van der Waals surface area contributed by atoms with Gasteiger partial charge in [0.05, 0.1) is 10.4 Å². The Bertz CT molecular complexity index is 1150. The van der Waals surface area contributed by atoms with Crippen LogP contribution >= 0.6 is 11.3 Å². The fourth-order valence-electron chi connectivity index (χ4n) is 4.20. The maximum absolute atomic E-state index is 13.0. The molecule has 2 heterocycles. The lowest BCUT2D eigenvalue weighted by Gasteiger charge is -2.20. The lowest BCUT2D eigenvalue weighted by atomic mass is 9.87. The van der Waals surface area contributed by atoms with Crippen molar-refractivity contribution in [1.29, 1.82) is 0 Å². The van der Waals surface area contributed by atoms with E-state index in [1.165, 1.54) is 28.5 Å². The first-order valence-corrected chi connectivity index (χ1v) is 12.3. The molecule has 1 atom stereocenters. The van der Waals surface area contributed by atoms with Crippen molar-refractivity contribution in [2.45, 2.75) is 51.4 Å². The standard InChI is InChI=1S/C27H29F3N2OS/c1-26(2,3)21-9-7-18(8-10-21)15-32-12-11-23(16-32)31-25(33)24-14-20(17-34-24)19-5-4-6-22(13-19)27(28,29)30/h4-10,13-14,17,23H,11-12,15-16H2,1-3H3,(H,31,33). The molecule has 0 spiro atoms. The fraction of sp³-hybridized carbons (Fsp3) is 0.370. The summed E-state index contributed by atoms with van der Waals surface area (Å²) in [6, 6.07) is 15.6. The lowest BCUT2D eigenvalue weighted by Crippen LogP contribution is -2.36. The number of benzene rings is 2. The van der Waals surface area contributed by atoms with Crippen molar-refractivity contribution in [3.05, 3.63) is 81.5 Å². The first-order chi connectivity index (χ1) is 16.0. The van der Waals surface area contributed by atoms with Crippen LogP contribution in [0.15, 0.2) is 60.0 Å². The van der Waals surface area contributed by atoms with E-state index in [1.54, 1.807) is 17.5 Å². The van der Waals surface area contributed by atoms with Gasteiger partial charge in [-0.2, -0.15) is 13.2 Å². The highest BCUT2D eigenvalue weighted by atomic mass is 32.1. The predicted molar refractivity (Wildman–Crippen MR) is 131 cm³/mol. The van der Waals surface area contributed by atoms with E-state index in [1.807, 2.05) is 0 Å². The molecule has 2 aromatic carbocycles. The molecule has 1 amide bonds. The minimum Gasteiger partial charge on any atom is -0.347 e. The van der Waals surface area contributed by atoms with Crippen molar-refractivity contribution in [2.75, 3.05) is 13.1 Å². The third-order valence-corrected chi connectivity index (χ3v) is 7.11. The maximum Gasteiger partial charge on any atom is 0.416 e.